The van der Waals surface area contributed by atoms with Gasteiger partial charge < -0.3 is 19.5 Å². The Balaban J connectivity index is 1.19. The van der Waals surface area contributed by atoms with E-state index < -0.39 is 0 Å². The minimum atomic E-state index is -0.147. The van der Waals surface area contributed by atoms with E-state index in [0.717, 1.165) is 16.9 Å². The molecular weight excluding hydrogens is 442 g/mol. The quantitative estimate of drug-likeness (QED) is 0.468. The molecule has 0 bridgehead atoms. The van der Waals surface area contributed by atoms with Crippen LogP contribution in [0.1, 0.15) is 26.5 Å². The van der Waals surface area contributed by atoms with Crippen LogP contribution in [0.3, 0.4) is 0 Å². The SMILES string of the molecule is Cc1ccc(-c2ccnc(Nc3ccc(C(=O)N4CCN(C(=O)c5ccco5)CC4)cc3)n2)cc1. The lowest BCUT2D eigenvalue weighted by atomic mass is 10.1. The zero-order valence-corrected chi connectivity index (χ0v) is 19.3. The number of rotatable bonds is 5. The van der Waals surface area contributed by atoms with E-state index in [1.165, 1.54) is 11.8 Å². The van der Waals surface area contributed by atoms with E-state index in [4.69, 9.17) is 4.42 Å². The molecule has 4 aromatic rings. The van der Waals surface area contributed by atoms with Crippen molar-refractivity contribution in [1.82, 2.24) is 19.8 Å². The summed E-state index contributed by atoms with van der Waals surface area (Å²) < 4.78 is 5.19. The van der Waals surface area contributed by atoms with Gasteiger partial charge in [-0.3, -0.25) is 9.59 Å². The Morgan fingerprint density at radius 1 is 0.857 bits per heavy atom. The monoisotopic (exact) mass is 467 g/mol. The Kier molecular flexibility index (Phi) is 6.26. The average Bonchev–Trinajstić information content (AvgIpc) is 3.44. The number of anilines is 2. The lowest BCUT2D eigenvalue weighted by Crippen LogP contribution is -2.50. The Labute approximate surface area is 203 Å². The van der Waals surface area contributed by atoms with Gasteiger partial charge in [-0.1, -0.05) is 29.8 Å². The van der Waals surface area contributed by atoms with Crippen LogP contribution < -0.4 is 5.32 Å². The largest absolute Gasteiger partial charge is 0.459 e. The standard InChI is InChI=1S/C27H25N5O3/c1-19-4-6-20(7-5-19)23-12-13-28-27(30-23)29-22-10-8-21(9-11-22)25(33)31-14-16-32(17-15-31)26(34)24-3-2-18-35-24/h2-13,18H,14-17H2,1H3,(H,28,29,30). The highest BCUT2D eigenvalue weighted by atomic mass is 16.3. The van der Waals surface area contributed by atoms with Crippen LogP contribution in [-0.4, -0.2) is 57.8 Å². The smallest absolute Gasteiger partial charge is 0.289 e. The van der Waals surface area contributed by atoms with Gasteiger partial charge in [0.1, 0.15) is 0 Å². The number of benzene rings is 2. The summed E-state index contributed by atoms with van der Waals surface area (Å²) in [7, 11) is 0. The van der Waals surface area contributed by atoms with Gasteiger partial charge in [0.2, 0.25) is 5.95 Å². The van der Waals surface area contributed by atoms with Crippen LogP contribution in [0.15, 0.2) is 83.6 Å². The highest BCUT2D eigenvalue weighted by Gasteiger charge is 2.26. The van der Waals surface area contributed by atoms with E-state index in [1.807, 2.05) is 30.3 Å². The number of amides is 2. The molecule has 176 valence electrons. The van der Waals surface area contributed by atoms with Gasteiger partial charge in [-0.2, -0.15) is 0 Å². The molecular formula is C27H25N5O3. The van der Waals surface area contributed by atoms with Gasteiger partial charge in [-0.15, -0.1) is 0 Å². The molecule has 35 heavy (non-hydrogen) atoms. The molecule has 1 aliphatic heterocycles. The topological polar surface area (TPSA) is 91.6 Å². The Hall–Kier alpha value is -4.46. The first-order valence-corrected chi connectivity index (χ1v) is 11.5. The first-order chi connectivity index (χ1) is 17.1. The zero-order valence-electron chi connectivity index (χ0n) is 19.3. The van der Waals surface area contributed by atoms with Gasteiger partial charge in [0.15, 0.2) is 5.76 Å². The number of hydrogen-bond donors (Lipinski definition) is 1. The van der Waals surface area contributed by atoms with Crippen LogP contribution in [-0.2, 0) is 0 Å². The second-order valence-corrected chi connectivity index (χ2v) is 8.40. The van der Waals surface area contributed by atoms with Crippen LogP contribution >= 0.6 is 0 Å². The summed E-state index contributed by atoms with van der Waals surface area (Å²) in [4.78, 5) is 37.8. The fourth-order valence-electron chi connectivity index (χ4n) is 3.98. The summed E-state index contributed by atoms with van der Waals surface area (Å²) in [5.74, 6) is 0.603. The Bertz CT molecular complexity index is 1310. The van der Waals surface area contributed by atoms with Crippen molar-refractivity contribution in [3.8, 4) is 11.3 Å². The Morgan fingerprint density at radius 2 is 1.54 bits per heavy atom. The first-order valence-electron chi connectivity index (χ1n) is 11.5. The summed E-state index contributed by atoms with van der Waals surface area (Å²) >= 11 is 0. The van der Waals surface area contributed by atoms with E-state index in [2.05, 4.69) is 34.3 Å². The fourth-order valence-corrected chi connectivity index (χ4v) is 3.98. The van der Waals surface area contributed by atoms with E-state index in [0.29, 0.717) is 43.5 Å². The van der Waals surface area contributed by atoms with Crippen molar-refractivity contribution in [1.29, 1.82) is 0 Å². The summed E-state index contributed by atoms with van der Waals surface area (Å²) in [5, 5.41) is 3.20. The minimum Gasteiger partial charge on any atom is -0.459 e. The third-order valence-corrected chi connectivity index (χ3v) is 5.98. The van der Waals surface area contributed by atoms with Crippen molar-refractivity contribution in [2.75, 3.05) is 31.5 Å². The van der Waals surface area contributed by atoms with Crippen LogP contribution in [0.4, 0.5) is 11.6 Å². The molecule has 0 atom stereocenters. The predicted octanol–water partition coefficient (Wildman–Crippen LogP) is 4.39. The van der Waals surface area contributed by atoms with Crippen molar-refractivity contribution >= 4 is 23.5 Å². The molecule has 0 saturated carbocycles. The molecule has 0 unspecified atom stereocenters. The van der Waals surface area contributed by atoms with Crippen molar-refractivity contribution < 1.29 is 14.0 Å². The van der Waals surface area contributed by atoms with Gasteiger partial charge in [0, 0.05) is 49.2 Å². The first kappa shape index (κ1) is 22.3. The molecule has 1 N–H and O–H groups in total. The normalized spacial score (nSPS) is 13.5. The van der Waals surface area contributed by atoms with Gasteiger partial charge in [0.05, 0.1) is 12.0 Å². The van der Waals surface area contributed by atoms with Crippen molar-refractivity contribution in [3.63, 3.8) is 0 Å². The molecule has 2 amide bonds. The van der Waals surface area contributed by atoms with Gasteiger partial charge >= 0.3 is 0 Å². The second kappa shape index (κ2) is 9.80. The average molecular weight is 468 g/mol. The molecule has 1 fully saturated rings. The zero-order chi connectivity index (χ0) is 24.2. The summed E-state index contributed by atoms with van der Waals surface area (Å²) in [5.41, 5.74) is 4.43. The molecule has 0 radical (unpaired) electrons. The molecule has 0 aliphatic carbocycles. The molecule has 8 heteroatoms. The van der Waals surface area contributed by atoms with E-state index in [-0.39, 0.29) is 11.8 Å². The molecule has 0 spiro atoms. The number of carbonyl (C=O) groups excluding carboxylic acids is 2. The third-order valence-electron chi connectivity index (χ3n) is 5.98. The highest BCUT2D eigenvalue weighted by molar-refractivity contribution is 5.95. The molecule has 2 aromatic heterocycles. The van der Waals surface area contributed by atoms with Gasteiger partial charge in [0.25, 0.3) is 11.8 Å². The number of hydrogen-bond acceptors (Lipinski definition) is 6. The van der Waals surface area contributed by atoms with E-state index in [1.54, 1.807) is 40.3 Å². The number of piperazine rings is 1. The maximum Gasteiger partial charge on any atom is 0.289 e. The molecule has 1 saturated heterocycles. The molecule has 5 rings (SSSR count). The highest BCUT2D eigenvalue weighted by Crippen LogP contribution is 2.21. The van der Waals surface area contributed by atoms with Gasteiger partial charge in [-0.05, 0) is 49.4 Å². The molecule has 8 nitrogen and oxygen atoms in total. The molecule has 2 aromatic carbocycles. The lowest BCUT2D eigenvalue weighted by Gasteiger charge is -2.34. The number of furan rings is 1. The second-order valence-electron chi connectivity index (χ2n) is 8.40. The lowest BCUT2D eigenvalue weighted by molar-refractivity contribution is 0.0518. The third kappa shape index (κ3) is 5.06. The molecule has 1 aliphatic rings. The summed E-state index contributed by atoms with van der Waals surface area (Å²) in [6.45, 7) is 3.95. The number of aryl methyl sites for hydroxylation is 1. The predicted molar refractivity (Wildman–Crippen MR) is 132 cm³/mol. The Morgan fingerprint density at radius 3 is 2.20 bits per heavy atom. The summed E-state index contributed by atoms with van der Waals surface area (Å²) in [6, 6.07) is 20.6. The maximum atomic E-state index is 13.0. The van der Waals surface area contributed by atoms with Crippen LogP contribution in [0.25, 0.3) is 11.3 Å². The van der Waals surface area contributed by atoms with Crippen LogP contribution in [0, 0.1) is 6.92 Å². The van der Waals surface area contributed by atoms with E-state index >= 15 is 0 Å². The summed E-state index contributed by atoms with van der Waals surface area (Å²) in [6.07, 6.45) is 3.21. The molecule has 3 heterocycles. The number of carbonyl (C=O) groups is 2. The number of aromatic nitrogens is 2. The van der Waals surface area contributed by atoms with Gasteiger partial charge in [-0.25, -0.2) is 9.97 Å². The minimum absolute atomic E-state index is 0.0562. The van der Waals surface area contributed by atoms with Crippen molar-refractivity contribution in [3.05, 3.63) is 96.1 Å². The van der Waals surface area contributed by atoms with Crippen molar-refractivity contribution in [2.45, 2.75) is 6.92 Å². The van der Waals surface area contributed by atoms with Crippen molar-refractivity contribution in [2.24, 2.45) is 0 Å². The number of nitrogens with one attached hydrogen (secondary N) is 1. The number of nitrogens with zero attached hydrogens (tertiary/aromatic N) is 4. The van der Waals surface area contributed by atoms with Crippen LogP contribution in [0.5, 0.6) is 0 Å². The van der Waals surface area contributed by atoms with E-state index in [9.17, 15) is 9.59 Å². The van der Waals surface area contributed by atoms with Crippen LogP contribution in [0.2, 0.25) is 0 Å². The maximum absolute atomic E-state index is 13.0. The fraction of sp³-hybridized carbons (Fsp3) is 0.185.